The van der Waals surface area contributed by atoms with Gasteiger partial charge in [0.05, 0.1) is 24.7 Å². The highest BCUT2D eigenvalue weighted by molar-refractivity contribution is 5.97. The molecule has 3 N–H and O–H groups in total. The Morgan fingerprint density at radius 1 is 0.980 bits per heavy atom. The van der Waals surface area contributed by atoms with Crippen molar-refractivity contribution in [1.82, 2.24) is 25.5 Å². The molecule has 0 radical (unpaired) electrons. The highest BCUT2D eigenvalue weighted by Crippen LogP contribution is 2.33. The van der Waals surface area contributed by atoms with Crippen molar-refractivity contribution in [2.24, 2.45) is 5.41 Å². The third-order valence-electron chi connectivity index (χ3n) is 9.39. The van der Waals surface area contributed by atoms with E-state index in [9.17, 15) is 14.4 Å². The number of ether oxygens (including phenoxy) is 1. The molecule has 268 valence electrons. The molecule has 3 heterocycles. The number of Topliss-reactive ketones (excluding diaryl/α,β-unsaturated/α-hetero) is 1. The number of halogens is 2. The number of likely N-dealkylation sites (tertiary alicyclic amines) is 1. The molecule has 49 heavy (non-hydrogen) atoms. The van der Waals surface area contributed by atoms with Crippen molar-refractivity contribution < 1.29 is 19.1 Å². The Bertz CT molecular complexity index is 1590. The molecule has 2 aliphatic rings. The first-order chi connectivity index (χ1) is 22.5. The van der Waals surface area contributed by atoms with E-state index >= 15 is 0 Å². The summed E-state index contributed by atoms with van der Waals surface area (Å²) in [6.45, 7) is 10.1. The van der Waals surface area contributed by atoms with Crippen LogP contribution < -0.4 is 25.6 Å². The number of nitrogens with one attached hydrogen (secondary N) is 3. The fourth-order valence-electron chi connectivity index (χ4n) is 6.48. The van der Waals surface area contributed by atoms with E-state index in [2.05, 4.69) is 55.1 Å². The van der Waals surface area contributed by atoms with E-state index in [0.29, 0.717) is 42.0 Å². The van der Waals surface area contributed by atoms with E-state index in [0.717, 1.165) is 24.2 Å². The number of hydrogen-bond acceptors (Lipinski definition) is 9. The number of aromatic nitrogens is 2. The van der Waals surface area contributed by atoms with Crippen LogP contribution in [0.5, 0.6) is 5.75 Å². The molecule has 0 aliphatic carbocycles. The van der Waals surface area contributed by atoms with Crippen molar-refractivity contribution in [3.8, 4) is 5.75 Å². The van der Waals surface area contributed by atoms with Crippen molar-refractivity contribution >= 4 is 70.5 Å². The Labute approximate surface area is 302 Å². The summed E-state index contributed by atoms with van der Waals surface area (Å²) in [5.41, 5.74) is 2.97. The molecule has 2 aliphatic heterocycles. The number of fused-ring (bicyclic) bond motifs is 1. The van der Waals surface area contributed by atoms with Crippen molar-refractivity contribution in [3.05, 3.63) is 48.3 Å². The zero-order valence-electron chi connectivity index (χ0n) is 29.4. The number of carbonyl (C=O) groups is 3. The van der Waals surface area contributed by atoms with Gasteiger partial charge in [-0.2, -0.15) is 0 Å². The quantitative estimate of drug-likeness (QED) is 0.237. The van der Waals surface area contributed by atoms with Gasteiger partial charge in [-0.05, 0) is 81.8 Å². The Kier molecular flexibility index (Phi) is 14.1. The monoisotopic (exact) mass is 715 g/mol. The number of hydrogen-bond donors (Lipinski definition) is 3. The molecule has 3 aromatic rings. The van der Waals surface area contributed by atoms with Gasteiger partial charge in [-0.1, -0.05) is 20.8 Å². The number of carbonyl (C=O) groups excluding carboxylic acids is 3. The van der Waals surface area contributed by atoms with Crippen molar-refractivity contribution in [1.29, 1.82) is 0 Å². The maximum atomic E-state index is 13.9. The van der Waals surface area contributed by atoms with Crippen molar-refractivity contribution in [3.63, 3.8) is 0 Å². The average Bonchev–Trinajstić information content (AvgIpc) is 3.57. The molecule has 5 rings (SSSR count). The molecule has 2 amide bonds. The normalized spacial score (nSPS) is 17.4. The van der Waals surface area contributed by atoms with E-state index in [-0.39, 0.29) is 48.8 Å². The van der Waals surface area contributed by atoms with Gasteiger partial charge in [0, 0.05) is 54.4 Å². The largest absolute Gasteiger partial charge is 0.496 e. The summed E-state index contributed by atoms with van der Waals surface area (Å²) in [4.78, 5) is 53.7. The van der Waals surface area contributed by atoms with Gasteiger partial charge in [0.25, 0.3) is 0 Å². The summed E-state index contributed by atoms with van der Waals surface area (Å²) >= 11 is 0. The highest BCUT2D eigenvalue weighted by atomic mass is 35.5. The minimum Gasteiger partial charge on any atom is -0.496 e. The number of benzene rings is 2. The molecule has 2 aromatic carbocycles. The molecule has 1 aromatic heterocycles. The second-order valence-electron chi connectivity index (χ2n) is 13.8. The molecule has 0 unspecified atom stereocenters. The van der Waals surface area contributed by atoms with Gasteiger partial charge in [-0.25, -0.2) is 9.97 Å². The molecule has 0 bridgehead atoms. The van der Waals surface area contributed by atoms with Crippen LogP contribution in [-0.2, 0) is 20.8 Å². The summed E-state index contributed by atoms with van der Waals surface area (Å²) < 4.78 is 5.71. The van der Waals surface area contributed by atoms with Crippen LogP contribution in [0.4, 0.5) is 17.2 Å². The summed E-state index contributed by atoms with van der Waals surface area (Å²) in [6.07, 6.45) is 6.62. The van der Waals surface area contributed by atoms with Crippen LogP contribution in [0.2, 0.25) is 0 Å². The number of anilines is 3. The molecular formula is C36H51Cl2N7O4. The lowest BCUT2D eigenvalue weighted by atomic mass is 9.85. The molecule has 0 saturated carbocycles. The van der Waals surface area contributed by atoms with E-state index in [1.165, 1.54) is 31.3 Å². The Balaban J connectivity index is 0.00000325. The van der Waals surface area contributed by atoms with E-state index in [4.69, 9.17) is 4.74 Å². The van der Waals surface area contributed by atoms with Gasteiger partial charge < -0.3 is 30.5 Å². The zero-order chi connectivity index (χ0) is 33.7. The zero-order valence-corrected chi connectivity index (χ0v) is 31.0. The standard InChI is InChI=1S/C36H49N7O4.2ClH/c1-23(37-5)34(45)41-32(36(2,3)4)35(46)43-18-10-11-29(43)30(44)20-24-19-27-28(21-31(24)47-6)38-22-39-33(27)40-25-12-14-26(15-13-25)42-16-8-7-9-17-42;;/h12-15,19,21-23,29,32,37H,7-11,16-18,20H2,1-6H3,(H,41,45)(H,38,39,40);2*1H/t23-,29-,32+;;/m0../s1. The number of methoxy groups -OCH3 is 1. The fourth-order valence-corrected chi connectivity index (χ4v) is 6.48. The smallest absolute Gasteiger partial charge is 0.246 e. The van der Waals surface area contributed by atoms with E-state index in [1.807, 2.05) is 32.9 Å². The highest BCUT2D eigenvalue weighted by Gasteiger charge is 2.42. The van der Waals surface area contributed by atoms with Gasteiger partial charge in [0.2, 0.25) is 11.8 Å². The third-order valence-corrected chi connectivity index (χ3v) is 9.39. The first kappa shape index (κ1) is 39.8. The Hall–Kier alpha value is -3.67. The van der Waals surface area contributed by atoms with Gasteiger partial charge in [-0.3, -0.25) is 14.4 Å². The lowest BCUT2D eigenvalue weighted by molar-refractivity contribution is -0.143. The first-order valence-corrected chi connectivity index (χ1v) is 16.7. The first-order valence-electron chi connectivity index (χ1n) is 16.7. The fraction of sp³-hybridized carbons (Fsp3) is 0.528. The summed E-state index contributed by atoms with van der Waals surface area (Å²) in [7, 11) is 3.28. The van der Waals surface area contributed by atoms with Gasteiger partial charge in [0.15, 0.2) is 5.78 Å². The molecule has 11 nitrogen and oxygen atoms in total. The number of piperidine rings is 1. The second-order valence-corrected chi connectivity index (χ2v) is 13.8. The van der Waals surface area contributed by atoms with Crippen LogP contribution in [-0.4, -0.2) is 84.4 Å². The maximum absolute atomic E-state index is 13.9. The van der Waals surface area contributed by atoms with Gasteiger partial charge >= 0.3 is 0 Å². The molecule has 2 saturated heterocycles. The minimum atomic E-state index is -0.769. The summed E-state index contributed by atoms with van der Waals surface area (Å²) in [5.74, 6) is 0.623. The van der Waals surface area contributed by atoms with Crippen LogP contribution in [0.1, 0.15) is 65.4 Å². The van der Waals surface area contributed by atoms with Crippen LogP contribution in [0.25, 0.3) is 10.9 Å². The second kappa shape index (κ2) is 17.3. The number of amides is 2. The van der Waals surface area contributed by atoms with Gasteiger partial charge in [-0.15, -0.1) is 24.8 Å². The third kappa shape index (κ3) is 9.32. The SMILES string of the molecule is CN[C@@H](C)C(=O)N[C@H](C(=O)N1CCC[C@H]1C(=O)Cc1cc2c(Nc3ccc(N4CCCCC4)cc3)ncnc2cc1OC)C(C)(C)C.Cl.Cl. The molecule has 0 spiro atoms. The lowest BCUT2D eigenvalue weighted by Crippen LogP contribution is -2.58. The summed E-state index contributed by atoms with van der Waals surface area (Å²) in [6, 6.07) is 10.3. The van der Waals surface area contributed by atoms with Gasteiger partial charge in [0.1, 0.15) is 23.9 Å². The number of rotatable bonds is 11. The summed E-state index contributed by atoms with van der Waals surface area (Å²) in [5, 5.41) is 10.1. The van der Waals surface area contributed by atoms with Crippen LogP contribution in [0.15, 0.2) is 42.7 Å². The van der Waals surface area contributed by atoms with E-state index < -0.39 is 23.5 Å². The minimum absolute atomic E-state index is 0. The van der Waals surface area contributed by atoms with Crippen molar-refractivity contribution in [2.45, 2.75) is 84.3 Å². The van der Waals surface area contributed by atoms with Crippen molar-refractivity contribution in [2.75, 3.05) is 44.0 Å². The maximum Gasteiger partial charge on any atom is 0.246 e. The molecule has 3 atom stereocenters. The molecule has 2 fully saturated rings. The van der Waals surface area contributed by atoms with Crippen LogP contribution in [0.3, 0.4) is 0 Å². The van der Waals surface area contributed by atoms with E-state index in [1.54, 1.807) is 26.0 Å². The number of nitrogens with zero attached hydrogens (tertiary/aromatic N) is 4. The Morgan fingerprint density at radius 3 is 2.31 bits per heavy atom. The lowest BCUT2D eigenvalue weighted by Gasteiger charge is -2.36. The predicted octanol–water partition coefficient (Wildman–Crippen LogP) is 5.46. The predicted molar refractivity (Wildman–Crippen MR) is 200 cm³/mol. The molecule has 13 heteroatoms. The molecular weight excluding hydrogens is 665 g/mol. The number of likely N-dealkylation sites (N-methyl/N-ethyl adjacent to an activating group) is 1. The average molecular weight is 717 g/mol. The topological polar surface area (TPSA) is 129 Å². The van der Waals surface area contributed by atoms with Crippen LogP contribution in [0, 0.1) is 5.41 Å². The number of ketones is 1. The Morgan fingerprint density at radius 2 is 1.67 bits per heavy atom. The van der Waals surface area contributed by atoms with Crippen LogP contribution >= 0.6 is 24.8 Å².